The summed E-state index contributed by atoms with van der Waals surface area (Å²) in [5, 5.41) is 10.7. The lowest BCUT2D eigenvalue weighted by Gasteiger charge is -2.23. The van der Waals surface area contributed by atoms with Gasteiger partial charge < -0.3 is 8.98 Å². The van der Waals surface area contributed by atoms with E-state index in [4.69, 9.17) is 16.0 Å². The molecular weight excluding hydrogens is 386 g/mol. The molecule has 0 spiro atoms. The van der Waals surface area contributed by atoms with Crippen LogP contribution in [0, 0.1) is 0 Å². The summed E-state index contributed by atoms with van der Waals surface area (Å²) >= 11 is 7.31. The second kappa shape index (κ2) is 7.50. The first-order chi connectivity index (χ1) is 13.1. The molecule has 0 aliphatic carbocycles. The van der Waals surface area contributed by atoms with Crippen LogP contribution in [0.25, 0.3) is 5.70 Å². The number of nitrogens with zero attached hydrogens (tertiary/aromatic N) is 4. The van der Waals surface area contributed by atoms with E-state index in [-0.39, 0.29) is 17.7 Å². The number of nitrogens with one attached hydrogen (secondary N) is 1. The first kappa shape index (κ1) is 17.7. The number of rotatable bonds is 5. The van der Waals surface area contributed by atoms with Crippen LogP contribution in [-0.4, -0.2) is 31.4 Å². The number of hydrogen-bond donors (Lipinski definition) is 1. The zero-order valence-corrected chi connectivity index (χ0v) is 15.9. The Morgan fingerprint density at radius 1 is 1.33 bits per heavy atom. The number of halogens is 1. The van der Waals surface area contributed by atoms with Crippen LogP contribution in [0.2, 0.25) is 5.02 Å². The first-order valence-corrected chi connectivity index (χ1v) is 9.55. The second-order valence-corrected chi connectivity index (χ2v) is 7.32. The lowest BCUT2D eigenvalue weighted by molar-refractivity contribution is -0.131. The van der Waals surface area contributed by atoms with E-state index in [0.717, 1.165) is 11.3 Å². The lowest BCUT2D eigenvalue weighted by atomic mass is 10.1. The van der Waals surface area contributed by atoms with E-state index >= 15 is 0 Å². The maximum atomic E-state index is 12.9. The fourth-order valence-electron chi connectivity index (χ4n) is 2.74. The van der Waals surface area contributed by atoms with Gasteiger partial charge in [-0.05, 0) is 35.9 Å². The number of benzene rings is 1. The molecule has 7 nitrogen and oxygen atoms in total. The van der Waals surface area contributed by atoms with Gasteiger partial charge in [0.1, 0.15) is 18.1 Å². The Labute approximate surface area is 165 Å². The molecule has 0 bridgehead atoms. The number of carbonyl (C=O) groups is 1. The number of carbonyl (C=O) groups excluding carboxylic acids is 1. The fourth-order valence-corrected chi connectivity index (χ4v) is 3.62. The molecule has 0 saturated carbocycles. The molecule has 1 amide bonds. The van der Waals surface area contributed by atoms with Crippen LogP contribution in [-0.2, 0) is 11.8 Å². The quantitative estimate of drug-likeness (QED) is 0.661. The van der Waals surface area contributed by atoms with Gasteiger partial charge in [0, 0.05) is 12.1 Å². The van der Waals surface area contributed by atoms with Crippen LogP contribution in [0.1, 0.15) is 17.4 Å². The monoisotopic (exact) mass is 401 g/mol. The number of furan rings is 1. The van der Waals surface area contributed by atoms with Crippen molar-refractivity contribution >= 4 is 35.0 Å². The summed E-state index contributed by atoms with van der Waals surface area (Å²) in [7, 11) is 1.84. The standard InChI is InChI=1S/C18H16ClN5O2S/c1-23-11-20-21-18(23)27-10-17(25)24-15(16-3-2-8-26-16)9-14(22-24)12-4-6-13(19)7-5-12/h2-9,11,15,22H,10H2,1H3/t15-/m1/s1. The molecule has 1 aromatic carbocycles. The van der Waals surface area contributed by atoms with Crippen molar-refractivity contribution in [1.82, 2.24) is 25.2 Å². The predicted molar refractivity (Wildman–Crippen MR) is 103 cm³/mol. The van der Waals surface area contributed by atoms with Crippen LogP contribution < -0.4 is 5.43 Å². The highest BCUT2D eigenvalue weighted by molar-refractivity contribution is 7.99. The molecular formula is C18H16ClN5O2S. The normalized spacial score (nSPS) is 16.3. The number of aryl methyl sites for hydroxylation is 1. The summed E-state index contributed by atoms with van der Waals surface area (Å²) in [6.07, 6.45) is 5.17. The minimum atomic E-state index is -0.335. The van der Waals surface area contributed by atoms with Crippen molar-refractivity contribution in [3.8, 4) is 0 Å². The third kappa shape index (κ3) is 3.72. The van der Waals surface area contributed by atoms with E-state index in [0.29, 0.717) is 15.9 Å². The summed E-state index contributed by atoms with van der Waals surface area (Å²) < 4.78 is 7.31. The van der Waals surface area contributed by atoms with Crippen molar-refractivity contribution in [2.45, 2.75) is 11.2 Å². The minimum Gasteiger partial charge on any atom is -0.467 e. The third-order valence-electron chi connectivity index (χ3n) is 4.10. The molecule has 1 aliphatic rings. The Hall–Kier alpha value is -2.71. The number of aromatic nitrogens is 3. The van der Waals surface area contributed by atoms with Gasteiger partial charge in [-0.2, -0.15) is 0 Å². The van der Waals surface area contributed by atoms with E-state index in [9.17, 15) is 4.79 Å². The predicted octanol–water partition coefficient (Wildman–Crippen LogP) is 3.28. The van der Waals surface area contributed by atoms with Crippen LogP contribution in [0.15, 0.2) is 64.6 Å². The summed E-state index contributed by atoms with van der Waals surface area (Å²) in [5.41, 5.74) is 4.96. The smallest absolute Gasteiger partial charge is 0.252 e. The third-order valence-corrected chi connectivity index (χ3v) is 5.37. The van der Waals surface area contributed by atoms with E-state index < -0.39 is 0 Å². The lowest BCUT2D eigenvalue weighted by Crippen LogP contribution is -2.40. The molecule has 1 atom stereocenters. The molecule has 1 aliphatic heterocycles. The molecule has 138 valence electrons. The van der Waals surface area contributed by atoms with Crippen LogP contribution in [0.5, 0.6) is 0 Å². The summed E-state index contributed by atoms with van der Waals surface area (Å²) in [4.78, 5) is 12.9. The molecule has 1 N–H and O–H groups in total. The molecule has 9 heteroatoms. The second-order valence-electron chi connectivity index (χ2n) is 5.94. The number of thioether (sulfide) groups is 1. The highest BCUT2D eigenvalue weighted by atomic mass is 35.5. The highest BCUT2D eigenvalue weighted by Crippen LogP contribution is 2.32. The Morgan fingerprint density at radius 2 is 2.15 bits per heavy atom. The van der Waals surface area contributed by atoms with Crippen molar-refractivity contribution in [2.24, 2.45) is 7.05 Å². The van der Waals surface area contributed by atoms with E-state index in [2.05, 4.69) is 15.6 Å². The van der Waals surface area contributed by atoms with Gasteiger partial charge in [0.05, 0.1) is 17.7 Å². The van der Waals surface area contributed by atoms with Crippen molar-refractivity contribution in [3.63, 3.8) is 0 Å². The molecule has 2 aromatic heterocycles. The zero-order valence-electron chi connectivity index (χ0n) is 14.4. The highest BCUT2D eigenvalue weighted by Gasteiger charge is 2.32. The number of hydrazine groups is 1. The zero-order chi connectivity index (χ0) is 18.8. The number of hydrogen-bond acceptors (Lipinski definition) is 6. The molecule has 0 fully saturated rings. The Morgan fingerprint density at radius 3 is 2.81 bits per heavy atom. The van der Waals surface area contributed by atoms with Gasteiger partial charge in [0.2, 0.25) is 0 Å². The first-order valence-electron chi connectivity index (χ1n) is 8.18. The van der Waals surface area contributed by atoms with Crippen LogP contribution >= 0.6 is 23.4 Å². The van der Waals surface area contributed by atoms with Crippen molar-refractivity contribution < 1.29 is 9.21 Å². The topological polar surface area (TPSA) is 76.2 Å². The van der Waals surface area contributed by atoms with Gasteiger partial charge in [0.15, 0.2) is 5.16 Å². The van der Waals surface area contributed by atoms with Gasteiger partial charge in [-0.25, -0.2) is 5.01 Å². The largest absolute Gasteiger partial charge is 0.467 e. The van der Waals surface area contributed by atoms with Crippen molar-refractivity contribution in [2.75, 3.05) is 5.75 Å². The summed E-state index contributed by atoms with van der Waals surface area (Å²) in [5.74, 6) is 0.812. The molecule has 27 heavy (non-hydrogen) atoms. The van der Waals surface area contributed by atoms with Crippen LogP contribution in [0.4, 0.5) is 0 Å². The van der Waals surface area contributed by atoms with E-state index in [1.807, 2.05) is 43.5 Å². The van der Waals surface area contributed by atoms with Crippen molar-refractivity contribution in [1.29, 1.82) is 0 Å². The maximum Gasteiger partial charge on any atom is 0.252 e. The van der Waals surface area contributed by atoms with Gasteiger partial charge in [-0.15, -0.1) is 10.2 Å². The molecule has 0 radical (unpaired) electrons. The van der Waals surface area contributed by atoms with Gasteiger partial charge >= 0.3 is 0 Å². The fraction of sp³-hybridized carbons (Fsp3) is 0.167. The Balaban J connectivity index is 1.55. The van der Waals surface area contributed by atoms with Gasteiger partial charge in [-0.1, -0.05) is 35.5 Å². The minimum absolute atomic E-state index is 0.0930. The average Bonchev–Trinajstić information content (AvgIpc) is 3.41. The molecule has 0 unspecified atom stereocenters. The van der Waals surface area contributed by atoms with Gasteiger partial charge in [-0.3, -0.25) is 10.2 Å². The van der Waals surface area contributed by atoms with E-state index in [1.165, 1.54) is 11.8 Å². The Bertz CT molecular complexity index is 968. The average molecular weight is 402 g/mol. The Kier molecular flexibility index (Phi) is 4.91. The van der Waals surface area contributed by atoms with Gasteiger partial charge in [0.25, 0.3) is 5.91 Å². The summed E-state index contributed by atoms with van der Waals surface area (Å²) in [6.45, 7) is 0. The van der Waals surface area contributed by atoms with Crippen LogP contribution in [0.3, 0.4) is 0 Å². The van der Waals surface area contributed by atoms with Crippen molar-refractivity contribution in [3.05, 3.63) is 71.4 Å². The maximum absolute atomic E-state index is 12.9. The molecule has 0 saturated heterocycles. The van der Waals surface area contributed by atoms with E-state index in [1.54, 1.807) is 28.2 Å². The number of amides is 1. The molecule has 4 rings (SSSR count). The molecule has 3 aromatic rings. The summed E-state index contributed by atoms with van der Waals surface area (Å²) in [6, 6.07) is 10.8. The SMILES string of the molecule is Cn1cnnc1SCC(=O)N1NC(c2ccc(Cl)cc2)=C[C@@H]1c1ccco1. The molecule has 3 heterocycles.